The summed E-state index contributed by atoms with van der Waals surface area (Å²) in [4.78, 5) is 0. The molecule has 0 N–H and O–H groups in total. The third-order valence-electron chi connectivity index (χ3n) is 4.10. The summed E-state index contributed by atoms with van der Waals surface area (Å²) in [5.74, 6) is 0. The summed E-state index contributed by atoms with van der Waals surface area (Å²) in [6, 6.07) is 0. The van der Waals surface area contributed by atoms with Gasteiger partial charge in [0.15, 0.2) is 0 Å². The van der Waals surface area contributed by atoms with E-state index in [9.17, 15) is 4.21 Å². The first-order valence-electron chi connectivity index (χ1n) is 9.99. The van der Waals surface area contributed by atoms with E-state index in [1.807, 2.05) is 0 Å². The number of hydrogen-bond acceptors (Lipinski definition) is 3. The molecule has 1 unspecified atom stereocenters. The second kappa shape index (κ2) is 20.1. The molecule has 0 rings (SSSR count). The fourth-order valence-electron chi connectivity index (χ4n) is 2.58. The number of hydrogen-bond donors (Lipinski definition) is 0. The van der Waals surface area contributed by atoms with Crippen molar-refractivity contribution in [1.82, 2.24) is 0 Å². The lowest BCUT2D eigenvalue weighted by atomic mass is 10.1. The molecule has 0 amide bonds. The lowest BCUT2D eigenvalue weighted by molar-refractivity contribution is 0.241. The van der Waals surface area contributed by atoms with Crippen LogP contribution in [-0.2, 0) is 19.7 Å². The second-order valence-electron chi connectivity index (χ2n) is 6.44. The number of unbranched alkanes of at least 4 members (excludes halogenated alkanes) is 13. The Labute approximate surface area is 147 Å². The zero-order valence-corrected chi connectivity index (χ0v) is 16.5. The molecular weight excluding hydrogens is 308 g/mol. The van der Waals surface area contributed by atoms with E-state index >= 15 is 0 Å². The van der Waals surface area contributed by atoms with Gasteiger partial charge >= 0.3 is 11.4 Å². The minimum Gasteiger partial charge on any atom is -0.268 e. The largest absolute Gasteiger partial charge is 0.304 e. The first-order chi connectivity index (χ1) is 11.3. The topological polar surface area (TPSA) is 35.5 Å². The van der Waals surface area contributed by atoms with E-state index in [-0.39, 0.29) is 0 Å². The third-order valence-corrected chi connectivity index (χ3v) is 4.82. The lowest BCUT2D eigenvalue weighted by Crippen LogP contribution is -2.04. The van der Waals surface area contributed by atoms with Crippen molar-refractivity contribution >= 4 is 11.4 Å². The summed E-state index contributed by atoms with van der Waals surface area (Å²) in [6.45, 7) is 5.50. The van der Waals surface area contributed by atoms with Crippen molar-refractivity contribution in [3.05, 3.63) is 0 Å². The minimum atomic E-state index is -1.54. The Balaban J connectivity index is 3.08. The molecule has 0 aromatic heterocycles. The predicted molar refractivity (Wildman–Crippen MR) is 101 cm³/mol. The van der Waals surface area contributed by atoms with Crippen molar-refractivity contribution in [2.75, 3.05) is 13.2 Å². The molecule has 0 bridgehead atoms. The van der Waals surface area contributed by atoms with Crippen molar-refractivity contribution < 1.29 is 12.6 Å². The van der Waals surface area contributed by atoms with E-state index in [1.165, 1.54) is 70.6 Å². The molecule has 0 aliphatic heterocycles. The summed E-state index contributed by atoms with van der Waals surface area (Å²) in [5, 5.41) is 0. The predicted octanol–water partition coefficient (Wildman–Crippen LogP) is 6.49. The van der Waals surface area contributed by atoms with Crippen LogP contribution in [0.25, 0.3) is 0 Å². The summed E-state index contributed by atoms with van der Waals surface area (Å²) in [6.07, 6.45) is 19.1. The smallest absolute Gasteiger partial charge is 0.268 e. The van der Waals surface area contributed by atoms with E-state index < -0.39 is 11.4 Å². The first kappa shape index (κ1) is 23.1. The van der Waals surface area contributed by atoms with Crippen LogP contribution in [0.4, 0.5) is 0 Å². The van der Waals surface area contributed by atoms with E-state index in [2.05, 4.69) is 13.8 Å². The van der Waals surface area contributed by atoms with Gasteiger partial charge < -0.3 is 0 Å². The molecule has 0 saturated heterocycles. The van der Waals surface area contributed by atoms with E-state index in [0.29, 0.717) is 13.2 Å². The van der Waals surface area contributed by atoms with Gasteiger partial charge in [-0.25, -0.2) is 0 Å². The second-order valence-corrected chi connectivity index (χ2v) is 7.32. The molecule has 0 aromatic carbocycles. The van der Waals surface area contributed by atoms with Crippen LogP contribution in [0.3, 0.4) is 0 Å². The Kier molecular flexibility index (Phi) is 20.2. The third kappa shape index (κ3) is 20.0. The molecule has 0 aliphatic rings. The maximum Gasteiger partial charge on any atom is 0.304 e. The highest BCUT2D eigenvalue weighted by atomic mass is 32.2. The highest BCUT2D eigenvalue weighted by Gasteiger charge is 2.00. The highest BCUT2D eigenvalue weighted by Crippen LogP contribution is 2.12. The molecule has 0 heterocycles. The van der Waals surface area contributed by atoms with Gasteiger partial charge in [0.25, 0.3) is 0 Å². The zero-order chi connectivity index (χ0) is 17.0. The van der Waals surface area contributed by atoms with Gasteiger partial charge in [-0.05, 0) is 12.8 Å². The van der Waals surface area contributed by atoms with E-state index in [4.69, 9.17) is 8.37 Å². The molecule has 23 heavy (non-hydrogen) atoms. The van der Waals surface area contributed by atoms with Crippen molar-refractivity contribution in [2.45, 2.75) is 110 Å². The van der Waals surface area contributed by atoms with Crippen LogP contribution < -0.4 is 0 Å². The van der Waals surface area contributed by atoms with Gasteiger partial charge in [0.1, 0.15) is 0 Å². The molecule has 0 fully saturated rings. The van der Waals surface area contributed by atoms with Crippen molar-refractivity contribution in [3.63, 3.8) is 0 Å². The fraction of sp³-hybridized carbons (Fsp3) is 1.00. The Morgan fingerprint density at radius 1 is 0.522 bits per heavy atom. The maximum absolute atomic E-state index is 11.4. The van der Waals surface area contributed by atoms with Crippen LogP contribution in [0.1, 0.15) is 110 Å². The zero-order valence-electron chi connectivity index (χ0n) is 15.7. The summed E-state index contributed by atoms with van der Waals surface area (Å²) >= 11 is -1.54. The minimum absolute atomic E-state index is 0.541. The Morgan fingerprint density at radius 3 is 1.26 bits per heavy atom. The Bertz CT molecular complexity index is 247. The molecular formula is C19H40O3S. The average Bonchev–Trinajstić information content (AvgIpc) is 2.56. The lowest BCUT2D eigenvalue weighted by Gasteiger charge is -2.04. The molecule has 3 nitrogen and oxygen atoms in total. The quantitative estimate of drug-likeness (QED) is 0.250. The monoisotopic (exact) mass is 348 g/mol. The summed E-state index contributed by atoms with van der Waals surface area (Å²) in [5.41, 5.74) is 0. The van der Waals surface area contributed by atoms with E-state index in [0.717, 1.165) is 25.7 Å². The van der Waals surface area contributed by atoms with Gasteiger partial charge in [-0.1, -0.05) is 97.3 Å². The maximum atomic E-state index is 11.4. The van der Waals surface area contributed by atoms with Crippen LogP contribution in [-0.4, -0.2) is 17.4 Å². The van der Waals surface area contributed by atoms with Gasteiger partial charge in [-0.15, -0.1) is 0 Å². The summed E-state index contributed by atoms with van der Waals surface area (Å²) in [7, 11) is 0. The molecule has 0 spiro atoms. The standard InChI is InChI=1S/C19H40O3S/c1-3-5-7-8-9-10-11-12-13-14-15-17-19-22-23(20)21-18-16-6-4-2/h3-19H2,1-2H3. The van der Waals surface area contributed by atoms with Crippen LogP contribution in [0, 0.1) is 0 Å². The number of rotatable bonds is 19. The van der Waals surface area contributed by atoms with Crippen LogP contribution in [0.5, 0.6) is 0 Å². The van der Waals surface area contributed by atoms with Crippen molar-refractivity contribution in [2.24, 2.45) is 0 Å². The molecule has 0 aromatic rings. The Morgan fingerprint density at radius 2 is 0.826 bits per heavy atom. The van der Waals surface area contributed by atoms with Gasteiger partial charge in [0.2, 0.25) is 0 Å². The SMILES string of the molecule is CCCCCCCCCCCCCCOS(=O)OCCCCC. The fourth-order valence-corrected chi connectivity index (χ4v) is 3.16. The van der Waals surface area contributed by atoms with Crippen LogP contribution >= 0.6 is 0 Å². The first-order valence-corrected chi connectivity index (χ1v) is 11.0. The molecule has 140 valence electrons. The molecule has 0 aliphatic carbocycles. The van der Waals surface area contributed by atoms with Gasteiger partial charge in [-0.2, -0.15) is 4.21 Å². The Hall–Kier alpha value is 0.0700. The van der Waals surface area contributed by atoms with Crippen molar-refractivity contribution in [1.29, 1.82) is 0 Å². The van der Waals surface area contributed by atoms with Gasteiger partial charge in [0, 0.05) is 0 Å². The van der Waals surface area contributed by atoms with Crippen molar-refractivity contribution in [3.8, 4) is 0 Å². The van der Waals surface area contributed by atoms with Crippen LogP contribution in [0.15, 0.2) is 0 Å². The normalized spacial score (nSPS) is 12.6. The van der Waals surface area contributed by atoms with E-state index in [1.54, 1.807) is 0 Å². The average molecular weight is 349 g/mol. The molecule has 1 atom stereocenters. The van der Waals surface area contributed by atoms with Gasteiger partial charge in [-0.3, -0.25) is 8.37 Å². The molecule has 0 radical (unpaired) electrons. The van der Waals surface area contributed by atoms with Crippen LogP contribution in [0.2, 0.25) is 0 Å². The molecule has 4 heteroatoms. The highest BCUT2D eigenvalue weighted by molar-refractivity contribution is 7.75. The molecule has 0 saturated carbocycles. The van der Waals surface area contributed by atoms with Gasteiger partial charge in [0.05, 0.1) is 13.2 Å². The summed E-state index contributed by atoms with van der Waals surface area (Å²) < 4.78 is 21.6.